The predicted molar refractivity (Wildman–Crippen MR) is 157 cm³/mol. The third-order valence-corrected chi connectivity index (χ3v) is 5.38. The average Bonchev–Trinajstić information content (AvgIpc) is 3.12. The van der Waals surface area contributed by atoms with Crippen LogP contribution in [0.15, 0.2) is 0 Å². The fourth-order valence-corrected chi connectivity index (χ4v) is 2.39. The van der Waals surface area contributed by atoms with Crippen molar-refractivity contribution in [2.45, 2.75) is 114 Å². The molecule has 0 aromatic heterocycles. The Hall–Kier alpha value is -4.12. The van der Waals surface area contributed by atoms with Crippen molar-refractivity contribution in [1.82, 2.24) is 0 Å². The van der Waals surface area contributed by atoms with Gasteiger partial charge in [-0.2, -0.15) is 0 Å². The van der Waals surface area contributed by atoms with E-state index in [1.165, 1.54) is 0 Å². The van der Waals surface area contributed by atoms with Gasteiger partial charge < -0.3 is 166 Å². The summed E-state index contributed by atoms with van der Waals surface area (Å²) in [6.07, 6.45) is -13.0. The van der Waals surface area contributed by atoms with Crippen molar-refractivity contribution in [2.24, 2.45) is 0 Å². The normalized spacial score (nSPS) is 11.0. The smallest absolute Gasteiger partial charge is 0.870 e. The maximum absolute atomic E-state index is 9.77. The number of aliphatic hydroxyl groups excluding tert-OH is 6. The van der Waals surface area contributed by atoms with Gasteiger partial charge in [-0.15, -0.1) is 0 Å². The third kappa shape index (κ3) is 82.0. The van der Waals surface area contributed by atoms with Crippen molar-refractivity contribution in [3.8, 4) is 0 Å². The first kappa shape index (κ1) is 102. The molecular weight excluding hydrogens is 1170 g/mol. The Labute approximate surface area is 434 Å². The van der Waals surface area contributed by atoms with E-state index < -0.39 is 108 Å². The zero-order chi connectivity index (χ0) is 48.9. The molecule has 68 heavy (non-hydrogen) atoms. The molecule has 397 valence electrons. The topological polar surface area (TPSA) is 693 Å². The molecule has 0 aliphatic heterocycles. The van der Waals surface area contributed by atoms with E-state index in [2.05, 4.69) is 0 Å². The first-order valence-electron chi connectivity index (χ1n) is 15.8. The fraction of sp³-hybridized carbons (Fsp3) is 0.600. The number of aliphatic carboxylic acids is 12. The minimum atomic E-state index is -2.44. The van der Waals surface area contributed by atoms with Gasteiger partial charge in [-0.1, -0.05) is 0 Å². The number of hydrogen-bond donors (Lipinski definition) is 6. The summed E-state index contributed by atoms with van der Waals surface area (Å²) in [4.78, 5) is 116. The minimum absolute atomic E-state index is 0. The molecule has 0 saturated heterocycles. The summed E-state index contributed by atoms with van der Waals surface area (Å²) in [6, 6.07) is 0. The van der Waals surface area contributed by atoms with Gasteiger partial charge in [0.15, 0.2) is 0 Å². The van der Waals surface area contributed by atoms with Crippen molar-refractivity contribution in [3.05, 3.63) is 0 Å². The number of carboxylic acids is 12. The van der Waals surface area contributed by atoms with E-state index in [1.807, 2.05) is 0 Å². The molecule has 0 bridgehead atoms. The van der Waals surface area contributed by atoms with Crippen LogP contribution in [0.3, 0.4) is 0 Å². The molecule has 0 aliphatic carbocycles. The van der Waals surface area contributed by atoms with Crippen LogP contribution in [0.25, 0.3) is 0 Å². The molecule has 5 radical (unpaired) electrons. The molecular formula is C30H39Fe5O33. The van der Waals surface area contributed by atoms with Gasteiger partial charge in [0.25, 0.3) is 0 Å². The van der Waals surface area contributed by atoms with Gasteiger partial charge in [-0.25, -0.2) is 0 Å². The number of hydrogen-bond acceptors (Lipinski definition) is 33. The van der Waals surface area contributed by atoms with Gasteiger partial charge in [0.2, 0.25) is 0 Å². The molecule has 0 aromatic carbocycles. The van der Waals surface area contributed by atoms with E-state index in [4.69, 9.17) is 30.6 Å². The van der Waals surface area contributed by atoms with Crippen molar-refractivity contribution < 1.29 is 251 Å². The van der Waals surface area contributed by atoms with Crippen LogP contribution in [0.1, 0.15) is 77.0 Å². The summed E-state index contributed by atoms with van der Waals surface area (Å²) in [7, 11) is 0. The van der Waals surface area contributed by atoms with Crippen LogP contribution in [0.5, 0.6) is 0 Å². The summed E-state index contributed by atoms with van der Waals surface area (Å²) < 4.78 is 0. The van der Waals surface area contributed by atoms with E-state index in [1.54, 1.807) is 0 Å². The molecule has 38 heteroatoms. The Kier molecular flexibility index (Phi) is 93.9. The SMILES string of the molecule is O=C([O-])C(O)C(O)C(=O)[O-].O=C([O-])C(O)C(O)C(=O)[O-].O=C([O-])C(O)C(O)C(=O)[O-].O=C([O-])CCCCC(=O)[O-].O=C([O-])CCCCC(=O)[O-].O=C([O-])CCCCC(=O)[O-].[Fe+3].[Fe+3].[Fe+3].[Fe+3].[Fe+3].[OH-].[OH-].[OH-]. The summed E-state index contributed by atoms with van der Waals surface area (Å²) in [5, 5.41) is 166. The molecule has 0 heterocycles. The van der Waals surface area contributed by atoms with Crippen molar-refractivity contribution >= 4 is 71.6 Å². The third-order valence-electron chi connectivity index (χ3n) is 5.38. The molecule has 6 unspecified atom stereocenters. The van der Waals surface area contributed by atoms with E-state index in [0.717, 1.165) is 0 Å². The van der Waals surface area contributed by atoms with Gasteiger partial charge in [0, 0.05) is 35.8 Å². The minimum Gasteiger partial charge on any atom is -0.870 e. The molecule has 0 aliphatic rings. The molecule has 0 fully saturated rings. The predicted octanol–water partition coefficient (Wildman–Crippen LogP) is -20.8. The maximum atomic E-state index is 9.77. The van der Waals surface area contributed by atoms with Gasteiger partial charge in [0.05, 0.1) is 35.8 Å². The molecule has 0 rings (SSSR count). The largest absolute Gasteiger partial charge is 3.00 e. The van der Waals surface area contributed by atoms with Crippen LogP contribution < -0.4 is 61.3 Å². The van der Waals surface area contributed by atoms with Gasteiger partial charge in [-0.05, 0) is 77.0 Å². The molecule has 0 saturated carbocycles. The Morgan fingerprint density at radius 3 is 0.353 bits per heavy atom. The Morgan fingerprint density at radius 2 is 0.309 bits per heavy atom. The number of unbranched alkanes of at least 4 members (excludes halogenated alkanes) is 3. The number of rotatable bonds is 24. The Balaban J connectivity index is -0.0000000419. The zero-order valence-electron chi connectivity index (χ0n) is 33.5. The summed E-state index contributed by atoms with van der Waals surface area (Å²) in [6.45, 7) is 0. The van der Waals surface area contributed by atoms with Gasteiger partial charge in [-0.3, -0.25) is 0 Å². The Bertz CT molecular complexity index is 1140. The van der Waals surface area contributed by atoms with Crippen LogP contribution in [-0.4, -0.2) is 155 Å². The second-order valence-electron chi connectivity index (χ2n) is 10.4. The van der Waals surface area contributed by atoms with Crippen LogP contribution in [0, 0.1) is 0 Å². The van der Waals surface area contributed by atoms with Crippen molar-refractivity contribution in [2.75, 3.05) is 0 Å². The molecule has 0 aromatic rings. The van der Waals surface area contributed by atoms with Crippen LogP contribution >= 0.6 is 0 Å². The quantitative estimate of drug-likeness (QED) is 0.0386. The summed E-state index contributed by atoms with van der Waals surface area (Å²) >= 11 is 0. The number of carbonyl (C=O) groups excluding carboxylic acids is 12. The second kappa shape index (κ2) is 62.9. The maximum Gasteiger partial charge on any atom is 3.00 e. The van der Waals surface area contributed by atoms with E-state index in [-0.39, 0.29) is 140 Å². The van der Waals surface area contributed by atoms with Crippen LogP contribution in [0.4, 0.5) is 0 Å². The van der Waals surface area contributed by atoms with E-state index in [0.29, 0.717) is 38.5 Å². The van der Waals surface area contributed by atoms with Crippen LogP contribution in [0.2, 0.25) is 0 Å². The van der Waals surface area contributed by atoms with Crippen molar-refractivity contribution in [1.29, 1.82) is 0 Å². The van der Waals surface area contributed by atoms with Crippen molar-refractivity contribution in [3.63, 3.8) is 0 Å². The number of carboxylic acid groups (broad SMARTS) is 12. The van der Waals surface area contributed by atoms with E-state index >= 15 is 0 Å². The van der Waals surface area contributed by atoms with Crippen LogP contribution in [-0.2, 0) is 143 Å². The number of aliphatic hydroxyl groups is 6. The Morgan fingerprint density at radius 1 is 0.235 bits per heavy atom. The van der Waals surface area contributed by atoms with Gasteiger partial charge in [0.1, 0.15) is 36.6 Å². The molecule has 9 N–H and O–H groups in total. The standard InChI is InChI=1S/3C6H10O4.3C4H6O6.5Fe.3H2O/c3*7-5(8)3-1-2-4-6(9)10;3*5-1(3(7)8)2(6)4(9)10;;;;;;;;/h3*1-4H2,(H,7,8)(H,9,10);3*1-2,5-6H,(H,7,8)(H,9,10);;;;;;3*1H2/q;;;;;;5*+3;;;/p-15. The zero-order valence-corrected chi connectivity index (χ0v) is 39.1. The first-order valence-corrected chi connectivity index (χ1v) is 15.8. The monoisotopic (exact) mass is 1210 g/mol. The second-order valence-corrected chi connectivity index (χ2v) is 10.4. The average molecular weight is 1210 g/mol. The summed E-state index contributed by atoms with van der Waals surface area (Å²) in [5.74, 6) is -19.2. The molecule has 0 amide bonds. The number of carbonyl (C=O) groups is 12. The summed E-state index contributed by atoms with van der Waals surface area (Å²) in [5.41, 5.74) is 0. The molecule has 6 atom stereocenters. The van der Waals surface area contributed by atoms with E-state index in [9.17, 15) is 119 Å². The molecule has 0 spiro atoms. The first-order chi connectivity index (χ1) is 27.3. The van der Waals surface area contributed by atoms with Gasteiger partial charge >= 0.3 is 85.3 Å². The molecule has 33 nitrogen and oxygen atoms in total. The fourth-order valence-electron chi connectivity index (χ4n) is 2.39.